The van der Waals surface area contributed by atoms with Crippen LogP contribution in [0.3, 0.4) is 0 Å². The first-order chi connectivity index (χ1) is 19.8. The Morgan fingerprint density at radius 1 is 0.905 bits per heavy atom. The molecule has 3 aromatic carbocycles. The molecule has 11 heteroatoms. The van der Waals surface area contributed by atoms with Crippen LogP contribution in [0.1, 0.15) is 23.9 Å². The number of amides is 3. The van der Waals surface area contributed by atoms with Crippen LogP contribution >= 0.6 is 0 Å². The highest BCUT2D eigenvalue weighted by Crippen LogP contribution is 2.29. The molecule has 3 amide bonds. The molecule has 0 saturated heterocycles. The standard InChI is InChI=1S/C29H25FN6O3.C2H4.H2O.3H2/c1-3-21-10-13-26(39-21)18-6-11-22-25(14-18)34-28(36-27(22)31)17-4-7-19(8-5-17)33-29(38)35-24-12-9-20(15-23(24)30)32-16(2)37;1-2;;;;/h4-15H,3H2,1-2H3,(H,32,37)(H2,31,34,36)(H2,33,35,38);1-2H2;1H2;3*1H. The summed E-state index contributed by atoms with van der Waals surface area (Å²) in [7, 11) is 0. The summed E-state index contributed by atoms with van der Waals surface area (Å²) < 4.78 is 20.2. The normalized spacial score (nSPS) is 10.2. The number of fused-ring (bicyclic) bond motifs is 1. The van der Waals surface area contributed by atoms with Crippen LogP contribution in [0.5, 0.6) is 0 Å². The largest absolute Gasteiger partial charge is 0.461 e. The molecule has 0 spiro atoms. The van der Waals surface area contributed by atoms with Crippen molar-refractivity contribution in [1.29, 1.82) is 0 Å². The molecule has 10 nitrogen and oxygen atoms in total. The Bertz CT molecular complexity index is 1740. The maximum Gasteiger partial charge on any atom is 0.323 e. The summed E-state index contributed by atoms with van der Waals surface area (Å²) in [5.74, 6) is 1.44. The number of nitrogens with zero attached hydrogens (tertiary/aromatic N) is 2. The fourth-order valence-corrected chi connectivity index (χ4v) is 4.04. The number of nitrogen functional groups attached to an aromatic ring is 1. The fourth-order valence-electron chi connectivity index (χ4n) is 4.04. The molecule has 2 aromatic heterocycles. The highest BCUT2D eigenvalue weighted by atomic mass is 19.1. The van der Waals surface area contributed by atoms with Gasteiger partial charge in [0.15, 0.2) is 5.82 Å². The lowest BCUT2D eigenvalue weighted by atomic mass is 10.1. The number of aryl methyl sites for hydroxylation is 1. The van der Waals surface area contributed by atoms with Gasteiger partial charge in [-0.15, -0.1) is 13.2 Å². The molecular weight excluding hydrogens is 539 g/mol. The Kier molecular flexibility index (Phi) is 10.1. The predicted molar refractivity (Wildman–Crippen MR) is 171 cm³/mol. The lowest BCUT2D eigenvalue weighted by molar-refractivity contribution is -0.114. The summed E-state index contributed by atoms with van der Waals surface area (Å²) >= 11 is 0. The lowest BCUT2D eigenvalue weighted by Crippen LogP contribution is -2.20. The zero-order valence-electron chi connectivity index (χ0n) is 23.1. The summed E-state index contributed by atoms with van der Waals surface area (Å²) in [4.78, 5) is 32.7. The summed E-state index contributed by atoms with van der Waals surface area (Å²) in [6.45, 7) is 9.36. The SMILES string of the molecule is C=C.CCc1ccc(-c2ccc3c(N)nc(-c4ccc(NC(=O)Nc5ccc(NC(C)=O)cc5F)cc4)nc3c2)o1.O.[HH].[HH].[HH]. The van der Waals surface area contributed by atoms with E-state index in [1.165, 1.54) is 19.1 Å². The van der Waals surface area contributed by atoms with Crippen molar-refractivity contribution in [1.82, 2.24) is 9.97 Å². The highest BCUT2D eigenvalue weighted by Gasteiger charge is 2.12. The number of nitrogens with two attached hydrogens (primary N) is 1. The number of halogens is 1. The minimum Gasteiger partial charge on any atom is -0.461 e. The first-order valence-electron chi connectivity index (χ1n) is 12.7. The Morgan fingerprint density at radius 3 is 2.24 bits per heavy atom. The van der Waals surface area contributed by atoms with E-state index in [1.54, 1.807) is 24.3 Å². The number of carbonyl (C=O) groups excluding carboxylic acids is 2. The molecule has 0 aliphatic heterocycles. The zero-order valence-corrected chi connectivity index (χ0v) is 23.1. The third-order valence-electron chi connectivity index (χ3n) is 5.96. The number of carbonyl (C=O) groups is 2. The van der Waals surface area contributed by atoms with E-state index in [4.69, 9.17) is 15.1 Å². The summed E-state index contributed by atoms with van der Waals surface area (Å²) in [5.41, 5.74) is 9.24. The maximum atomic E-state index is 14.3. The van der Waals surface area contributed by atoms with Crippen LogP contribution in [0.15, 0.2) is 90.4 Å². The van der Waals surface area contributed by atoms with Gasteiger partial charge >= 0.3 is 6.03 Å². The smallest absolute Gasteiger partial charge is 0.323 e. The van der Waals surface area contributed by atoms with Gasteiger partial charge in [-0.25, -0.2) is 19.2 Å². The minimum atomic E-state index is -0.682. The molecule has 0 atom stereocenters. The number of urea groups is 1. The quantitative estimate of drug-likeness (QED) is 0.156. The van der Waals surface area contributed by atoms with Crippen molar-refractivity contribution >= 4 is 45.7 Å². The van der Waals surface area contributed by atoms with E-state index in [0.717, 1.165) is 35.0 Å². The first-order valence-corrected chi connectivity index (χ1v) is 12.7. The van der Waals surface area contributed by atoms with E-state index in [0.29, 0.717) is 34.1 Å². The van der Waals surface area contributed by atoms with Crippen LogP contribution in [-0.2, 0) is 11.2 Å². The van der Waals surface area contributed by atoms with Crippen LogP contribution in [0.25, 0.3) is 33.6 Å². The molecule has 0 aliphatic rings. The maximum absolute atomic E-state index is 14.3. The fraction of sp³-hybridized carbons (Fsp3) is 0.0968. The number of furan rings is 1. The highest BCUT2D eigenvalue weighted by molar-refractivity contribution is 6.00. The topological polar surface area (TPSA) is 167 Å². The van der Waals surface area contributed by atoms with Crippen LogP contribution < -0.4 is 21.7 Å². The van der Waals surface area contributed by atoms with E-state index in [1.807, 2.05) is 37.3 Å². The van der Waals surface area contributed by atoms with Gasteiger partial charge in [0.05, 0.1) is 11.2 Å². The van der Waals surface area contributed by atoms with Crippen LogP contribution in [0, 0.1) is 5.82 Å². The predicted octanol–water partition coefficient (Wildman–Crippen LogP) is 7.16. The number of anilines is 4. The van der Waals surface area contributed by atoms with Crippen LogP contribution in [0.2, 0.25) is 0 Å². The van der Waals surface area contributed by atoms with Gasteiger partial charge in [0.1, 0.15) is 23.2 Å². The van der Waals surface area contributed by atoms with Gasteiger partial charge in [-0.3, -0.25) is 4.79 Å². The number of aromatic nitrogens is 2. The minimum absolute atomic E-state index is 0. The Labute approximate surface area is 246 Å². The number of hydrogen-bond donors (Lipinski definition) is 4. The number of nitrogens with one attached hydrogen (secondary N) is 3. The third-order valence-corrected chi connectivity index (χ3v) is 5.96. The number of rotatable bonds is 6. The van der Waals surface area contributed by atoms with Gasteiger partial charge in [-0.05, 0) is 66.7 Å². The second-order valence-corrected chi connectivity index (χ2v) is 8.82. The van der Waals surface area contributed by atoms with Crippen molar-refractivity contribution < 1.29 is 28.2 Å². The molecule has 0 unspecified atom stereocenters. The molecule has 42 heavy (non-hydrogen) atoms. The van der Waals surface area contributed by atoms with Crippen LogP contribution in [0.4, 0.5) is 32.1 Å². The van der Waals surface area contributed by atoms with E-state index in [2.05, 4.69) is 34.1 Å². The molecule has 0 fully saturated rings. The van der Waals surface area contributed by atoms with Gasteiger partial charge in [0.2, 0.25) is 5.91 Å². The van der Waals surface area contributed by atoms with Crippen molar-refractivity contribution in [2.75, 3.05) is 21.7 Å². The Balaban J connectivity index is 0.00000316. The molecule has 222 valence electrons. The van der Waals surface area contributed by atoms with Crippen molar-refractivity contribution in [3.63, 3.8) is 0 Å². The van der Waals surface area contributed by atoms with E-state index in [9.17, 15) is 14.0 Å². The second kappa shape index (κ2) is 13.7. The summed E-state index contributed by atoms with van der Waals surface area (Å²) in [6, 6.07) is 19.8. The monoisotopic (exact) mass is 576 g/mol. The molecule has 0 radical (unpaired) electrons. The summed E-state index contributed by atoms with van der Waals surface area (Å²) in [5, 5.41) is 8.32. The zero-order chi connectivity index (χ0) is 29.5. The third kappa shape index (κ3) is 7.14. The Morgan fingerprint density at radius 2 is 1.60 bits per heavy atom. The van der Waals surface area contributed by atoms with Crippen molar-refractivity contribution in [3.05, 3.63) is 97.5 Å². The molecule has 2 heterocycles. The van der Waals surface area contributed by atoms with Crippen molar-refractivity contribution in [2.45, 2.75) is 20.3 Å². The van der Waals surface area contributed by atoms with Gasteiger partial charge in [-0.1, -0.05) is 13.0 Å². The number of hydrogen-bond acceptors (Lipinski definition) is 6. The average Bonchev–Trinajstić information content (AvgIpc) is 3.45. The lowest BCUT2D eigenvalue weighted by Gasteiger charge is -2.11. The molecule has 0 bridgehead atoms. The molecule has 0 aliphatic carbocycles. The summed E-state index contributed by atoms with van der Waals surface area (Å²) in [6.07, 6.45) is 0.809. The average molecular weight is 577 g/mol. The van der Waals surface area contributed by atoms with E-state index < -0.39 is 11.8 Å². The van der Waals surface area contributed by atoms with Crippen molar-refractivity contribution in [3.8, 4) is 22.7 Å². The van der Waals surface area contributed by atoms with Crippen LogP contribution in [-0.4, -0.2) is 27.4 Å². The Hall–Kier alpha value is -5.55. The second-order valence-electron chi connectivity index (χ2n) is 8.82. The van der Waals surface area contributed by atoms with Gasteiger partial charge < -0.3 is 31.6 Å². The molecule has 0 saturated carbocycles. The molecule has 5 aromatic rings. The van der Waals surface area contributed by atoms with Gasteiger partial charge in [-0.2, -0.15) is 0 Å². The number of benzene rings is 3. The van der Waals surface area contributed by atoms with E-state index in [-0.39, 0.29) is 21.4 Å². The molecular formula is C31H37FN6O4. The molecule has 5 rings (SSSR count). The first kappa shape index (κ1) is 31.0. The van der Waals surface area contributed by atoms with Gasteiger partial charge in [0.25, 0.3) is 0 Å². The van der Waals surface area contributed by atoms with Gasteiger partial charge in [0, 0.05) is 45.5 Å². The van der Waals surface area contributed by atoms with E-state index >= 15 is 0 Å². The van der Waals surface area contributed by atoms with Crippen molar-refractivity contribution in [2.24, 2.45) is 0 Å². The molecule has 7 N–H and O–H groups in total.